The van der Waals surface area contributed by atoms with E-state index in [1.807, 2.05) is 0 Å². The lowest BCUT2D eigenvalue weighted by molar-refractivity contribution is -0.139. The maximum absolute atomic E-state index is 11.5. The van der Waals surface area contributed by atoms with Gasteiger partial charge in [0.15, 0.2) is 0 Å². The molecule has 0 aliphatic rings. The first-order valence-electron chi connectivity index (χ1n) is 6.64. The van der Waals surface area contributed by atoms with Crippen molar-refractivity contribution in [2.75, 3.05) is 26.8 Å². The molecule has 0 aromatic rings. The fourth-order valence-electron chi connectivity index (χ4n) is 1.08. The summed E-state index contributed by atoms with van der Waals surface area (Å²) in [6, 6.07) is 0. The molecule has 2 N–H and O–H groups in total. The van der Waals surface area contributed by atoms with Gasteiger partial charge in [-0.2, -0.15) is 0 Å². The molecule has 8 nitrogen and oxygen atoms in total. The summed E-state index contributed by atoms with van der Waals surface area (Å²) < 4.78 is 9.03. The molecule has 0 radical (unpaired) electrons. The number of amides is 2. The van der Waals surface area contributed by atoms with Crippen LogP contribution in [-0.4, -0.2) is 50.6 Å². The standard InChI is InChI=1S/C14H22N2O6/c1-14(2,3)13(20)16-9-10(17)15-7-8-22-12(19)6-5-11(18)21-4/h5-6H,7-9H2,1-4H3,(H,15,17)(H,16,20)/b6-5+. The highest BCUT2D eigenvalue weighted by Crippen LogP contribution is 2.11. The van der Waals surface area contributed by atoms with Crippen LogP contribution in [0.4, 0.5) is 0 Å². The van der Waals surface area contributed by atoms with Gasteiger partial charge in [-0.05, 0) is 0 Å². The maximum atomic E-state index is 11.5. The number of hydrogen-bond acceptors (Lipinski definition) is 6. The van der Waals surface area contributed by atoms with E-state index < -0.39 is 23.3 Å². The zero-order valence-electron chi connectivity index (χ0n) is 13.2. The summed E-state index contributed by atoms with van der Waals surface area (Å²) in [5.41, 5.74) is -0.568. The molecular formula is C14H22N2O6. The normalized spacial score (nSPS) is 10.9. The second-order valence-corrected chi connectivity index (χ2v) is 5.31. The summed E-state index contributed by atoms with van der Waals surface area (Å²) in [6.07, 6.45) is 1.86. The van der Waals surface area contributed by atoms with Gasteiger partial charge in [-0.15, -0.1) is 0 Å². The van der Waals surface area contributed by atoms with E-state index in [1.165, 1.54) is 7.11 Å². The van der Waals surface area contributed by atoms with Crippen LogP contribution in [0.3, 0.4) is 0 Å². The van der Waals surface area contributed by atoms with E-state index in [0.29, 0.717) is 0 Å². The molecule has 0 heterocycles. The Balaban J connectivity index is 3.82. The van der Waals surface area contributed by atoms with Crippen LogP contribution in [0.25, 0.3) is 0 Å². The van der Waals surface area contributed by atoms with E-state index in [4.69, 9.17) is 4.74 Å². The van der Waals surface area contributed by atoms with Gasteiger partial charge in [-0.3, -0.25) is 9.59 Å². The first-order chi connectivity index (χ1) is 10.2. The molecule has 0 saturated heterocycles. The van der Waals surface area contributed by atoms with E-state index in [1.54, 1.807) is 20.8 Å². The zero-order chi connectivity index (χ0) is 17.2. The van der Waals surface area contributed by atoms with Gasteiger partial charge in [0.2, 0.25) is 11.8 Å². The minimum absolute atomic E-state index is 0.0523. The Kier molecular flexibility index (Phi) is 8.51. The topological polar surface area (TPSA) is 111 Å². The lowest BCUT2D eigenvalue weighted by Crippen LogP contribution is -2.42. The fourth-order valence-corrected chi connectivity index (χ4v) is 1.08. The van der Waals surface area contributed by atoms with Crippen LogP contribution in [0.5, 0.6) is 0 Å². The Bertz CT molecular complexity index is 451. The van der Waals surface area contributed by atoms with E-state index in [0.717, 1.165) is 12.2 Å². The van der Waals surface area contributed by atoms with Crippen LogP contribution in [0.15, 0.2) is 12.2 Å². The Hall–Kier alpha value is -2.38. The maximum Gasteiger partial charge on any atom is 0.331 e. The van der Waals surface area contributed by atoms with Crippen molar-refractivity contribution < 1.29 is 28.7 Å². The molecule has 0 aromatic heterocycles. The Morgan fingerprint density at radius 3 is 2.14 bits per heavy atom. The molecule has 0 spiro atoms. The molecule has 0 unspecified atom stereocenters. The molecule has 0 aliphatic heterocycles. The van der Waals surface area contributed by atoms with Crippen LogP contribution in [0, 0.1) is 5.41 Å². The second kappa shape index (κ2) is 9.54. The molecule has 0 fully saturated rings. The molecule has 0 rings (SSSR count). The van der Waals surface area contributed by atoms with Crippen molar-refractivity contribution >= 4 is 23.8 Å². The smallest absolute Gasteiger partial charge is 0.331 e. The summed E-state index contributed by atoms with van der Waals surface area (Å²) in [4.78, 5) is 44.8. The predicted molar refractivity (Wildman–Crippen MR) is 77.6 cm³/mol. The van der Waals surface area contributed by atoms with Gasteiger partial charge >= 0.3 is 11.9 Å². The van der Waals surface area contributed by atoms with Crippen molar-refractivity contribution in [1.29, 1.82) is 0 Å². The molecule has 8 heteroatoms. The molecule has 124 valence electrons. The largest absolute Gasteiger partial charge is 0.466 e. The van der Waals surface area contributed by atoms with Crippen molar-refractivity contribution in [2.24, 2.45) is 5.41 Å². The van der Waals surface area contributed by atoms with Gasteiger partial charge in [-0.25, -0.2) is 9.59 Å². The van der Waals surface area contributed by atoms with E-state index in [-0.39, 0.29) is 25.6 Å². The molecule has 0 aliphatic carbocycles. The molecule has 22 heavy (non-hydrogen) atoms. The lowest BCUT2D eigenvalue weighted by atomic mass is 9.96. The average Bonchev–Trinajstić information content (AvgIpc) is 2.45. The van der Waals surface area contributed by atoms with Gasteiger partial charge < -0.3 is 20.1 Å². The van der Waals surface area contributed by atoms with Gasteiger partial charge in [0, 0.05) is 17.6 Å². The Morgan fingerprint density at radius 1 is 1.00 bits per heavy atom. The third kappa shape index (κ3) is 9.51. The molecule has 2 amide bonds. The van der Waals surface area contributed by atoms with Crippen molar-refractivity contribution in [1.82, 2.24) is 10.6 Å². The van der Waals surface area contributed by atoms with Crippen molar-refractivity contribution in [3.63, 3.8) is 0 Å². The lowest BCUT2D eigenvalue weighted by Gasteiger charge is -2.17. The van der Waals surface area contributed by atoms with Gasteiger partial charge in [0.05, 0.1) is 20.2 Å². The quantitative estimate of drug-likeness (QED) is 0.374. The molecular weight excluding hydrogens is 292 g/mol. The summed E-state index contributed by atoms with van der Waals surface area (Å²) in [6.45, 7) is 5.11. The minimum atomic E-state index is -0.722. The van der Waals surface area contributed by atoms with Crippen molar-refractivity contribution in [2.45, 2.75) is 20.8 Å². The predicted octanol–water partition coefficient (Wildman–Crippen LogP) is -0.463. The number of rotatable bonds is 7. The van der Waals surface area contributed by atoms with Crippen LogP contribution in [0.2, 0.25) is 0 Å². The third-order valence-corrected chi connectivity index (χ3v) is 2.32. The van der Waals surface area contributed by atoms with Crippen molar-refractivity contribution in [3.8, 4) is 0 Å². The SMILES string of the molecule is COC(=O)/C=C/C(=O)OCCNC(=O)CNC(=O)C(C)(C)C. The number of hydrogen-bond donors (Lipinski definition) is 2. The number of nitrogens with one attached hydrogen (secondary N) is 2. The highest BCUT2D eigenvalue weighted by atomic mass is 16.5. The van der Waals surface area contributed by atoms with Gasteiger partial charge in [0.1, 0.15) is 6.61 Å². The summed E-state index contributed by atoms with van der Waals surface area (Å²) in [7, 11) is 1.19. The van der Waals surface area contributed by atoms with Crippen LogP contribution >= 0.6 is 0 Å². The molecule has 0 bridgehead atoms. The van der Waals surface area contributed by atoms with Gasteiger partial charge in [-0.1, -0.05) is 20.8 Å². The first-order valence-corrected chi connectivity index (χ1v) is 6.64. The summed E-state index contributed by atoms with van der Waals surface area (Å²) >= 11 is 0. The van der Waals surface area contributed by atoms with E-state index >= 15 is 0 Å². The number of methoxy groups -OCH3 is 1. The monoisotopic (exact) mass is 314 g/mol. The first kappa shape index (κ1) is 19.6. The molecule has 0 aromatic carbocycles. The van der Waals surface area contributed by atoms with E-state index in [9.17, 15) is 19.2 Å². The second-order valence-electron chi connectivity index (χ2n) is 5.31. The molecule has 0 saturated carbocycles. The molecule has 0 atom stereocenters. The van der Waals surface area contributed by atoms with Crippen LogP contribution < -0.4 is 10.6 Å². The Morgan fingerprint density at radius 2 is 1.59 bits per heavy atom. The van der Waals surface area contributed by atoms with Crippen LogP contribution in [0.1, 0.15) is 20.8 Å². The van der Waals surface area contributed by atoms with Gasteiger partial charge in [0.25, 0.3) is 0 Å². The highest BCUT2D eigenvalue weighted by molar-refractivity contribution is 5.91. The van der Waals surface area contributed by atoms with E-state index in [2.05, 4.69) is 15.4 Å². The van der Waals surface area contributed by atoms with Crippen molar-refractivity contribution in [3.05, 3.63) is 12.2 Å². The van der Waals surface area contributed by atoms with Crippen LogP contribution in [-0.2, 0) is 28.7 Å². The number of carbonyl (C=O) groups is 4. The summed E-state index contributed by atoms with van der Waals surface area (Å²) in [5.74, 6) is -2.01. The fraction of sp³-hybridized carbons (Fsp3) is 0.571. The average molecular weight is 314 g/mol. The highest BCUT2D eigenvalue weighted by Gasteiger charge is 2.21. The Labute approximate surface area is 129 Å². The minimum Gasteiger partial charge on any atom is -0.466 e. The number of esters is 2. The third-order valence-electron chi connectivity index (χ3n) is 2.32. The zero-order valence-corrected chi connectivity index (χ0v) is 13.2. The number of carbonyl (C=O) groups excluding carboxylic acids is 4. The number of ether oxygens (including phenoxy) is 2. The summed E-state index contributed by atoms with van der Waals surface area (Å²) in [5, 5.41) is 4.96.